The molecule has 0 amide bonds. The summed E-state index contributed by atoms with van der Waals surface area (Å²) in [6.07, 6.45) is 12.3. The van der Waals surface area contributed by atoms with E-state index in [4.69, 9.17) is 33.9 Å². The van der Waals surface area contributed by atoms with Gasteiger partial charge in [-0.15, -0.1) is 6.58 Å². The number of hydrogen-bond acceptors (Lipinski definition) is 8. The highest BCUT2D eigenvalue weighted by Gasteiger charge is 2.36. The summed E-state index contributed by atoms with van der Waals surface area (Å²) in [6.45, 7) is 1.83. The van der Waals surface area contributed by atoms with Crippen molar-refractivity contribution in [2.75, 3.05) is 19.8 Å². The van der Waals surface area contributed by atoms with Crippen LogP contribution in [0.1, 0.15) is 114 Å². The highest BCUT2D eigenvalue weighted by Crippen LogP contribution is 2.50. The molecule has 0 fully saturated rings. The minimum Gasteiger partial charge on any atom is -0.391 e. The van der Waals surface area contributed by atoms with Crippen LogP contribution in [0.2, 0.25) is 0 Å². The average Bonchev–Trinajstić information content (AvgIpc) is 2.86. The Labute approximate surface area is 217 Å². The van der Waals surface area contributed by atoms with Gasteiger partial charge >= 0.3 is 7.82 Å². The first-order valence-electron chi connectivity index (χ1n) is 14.4. The predicted molar refractivity (Wildman–Crippen MR) is 139 cm³/mol. The Bertz CT molecular complexity index is 765. The van der Waals surface area contributed by atoms with E-state index in [0.717, 1.165) is 31.8 Å². The van der Waals surface area contributed by atoms with Gasteiger partial charge in [0.1, 0.15) is 0 Å². The molecule has 0 aromatic rings. The van der Waals surface area contributed by atoms with Crippen LogP contribution in [-0.2, 0) is 18.1 Å². The van der Waals surface area contributed by atoms with Gasteiger partial charge in [0.05, 0.1) is 60.5 Å². The van der Waals surface area contributed by atoms with E-state index in [-0.39, 0.29) is 32.5 Å². The van der Waals surface area contributed by atoms with Gasteiger partial charge in [0, 0.05) is 0 Å². The molecule has 8 nitrogen and oxygen atoms in total. The summed E-state index contributed by atoms with van der Waals surface area (Å²) in [4.78, 5) is 0. The topological polar surface area (TPSA) is 139 Å². The van der Waals surface area contributed by atoms with E-state index in [1.165, 1.54) is 51.4 Å². The van der Waals surface area contributed by atoms with Crippen LogP contribution in [0.25, 0.3) is 0 Å². The van der Waals surface area contributed by atoms with Gasteiger partial charge in [0.15, 0.2) is 0 Å². The van der Waals surface area contributed by atoms with Crippen molar-refractivity contribution < 1.29 is 27.4 Å². The first kappa shape index (κ1) is 28.3. The quantitative estimate of drug-likeness (QED) is 0.0772. The van der Waals surface area contributed by atoms with Crippen LogP contribution in [0.4, 0.5) is 0 Å². The van der Waals surface area contributed by atoms with Crippen molar-refractivity contribution in [1.82, 2.24) is 0 Å². The third-order valence-corrected chi connectivity index (χ3v) is 6.88. The van der Waals surface area contributed by atoms with E-state index in [1.54, 1.807) is 12.1 Å². The number of rotatable bonds is 25. The molecule has 0 bridgehead atoms. The first-order chi connectivity index (χ1) is 17.9. The summed E-state index contributed by atoms with van der Waals surface area (Å²) >= 11 is 0. The van der Waals surface area contributed by atoms with Crippen molar-refractivity contribution in [1.29, 1.82) is 10.5 Å². The summed E-state index contributed by atoms with van der Waals surface area (Å²) in [5, 5.41) is 28.2. The van der Waals surface area contributed by atoms with Crippen LogP contribution in [0.3, 0.4) is 0 Å². The van der Waals surface area contributed by atoms with E-state index < -0.39 is 26.0 Å². The van der Waals surface area contributed by atoms with Crippen LogP contribution in [-0.4, -0.2) is 36.5 Å². The van der Waals surface area contributed by atoms with Crippen LogP contribution < -0.4 is 5.73 Å². The Balaban J connectivity index is 4.79. The van der Waals surface area contributed by atoms with E-state index in [9.17, 15) is 9.67 Å². The number of phosphoric ester groups is 1. The highest BCUT2D eigenvalue weighted by atomic mass is 31.2. The van der Waals surface area contributed by atoms with Gasteiger partial charge < -0.3 is 10.8 Å². The van der Waals surface area contributed by atoms with Crippen LogP contribution in [0, 0.1) is 22.7 Å². The zero-order chi connectivity index (χ0) is 29.0. The molecular formula is C26H48N3O5P. The number of nitrogens with two attached hydrogens (primary N) is 1. The number of hydrogen-bond donors (Lipinski definition) is 2. The van der Waals surface area contributed by atoms with Crippen molar-refractivity contribution in [3.8, 4) is 12.1 Å². The lowest BCUT2D eigenvalue weighted by Crippen LogP contribution is -2.52. The predicted octanol–water partition coefficient (Wildman–Crippen LogP) is 6.70. The maximum Gasteiger partial charge on any atom is 0.474 e. The summed E-state index contributed by atoms with van der Waals surface area (Å²) < 4.78 is 53.1. The lowest BCUT2D eigenvalue weighted by atomic mass is 9.90. The molecule has 0 aromatic carbocycles. The van der Waals surface area contributed by atoms with Gasteiger partial charge in [-0.25, -0.2) is 4.57 Å². The van der Waals surface area contributed by atoms with Gasteiger partial charge in [-0.1, -0.05) is 96.5 Å². The second-order valence-electron chi connectivity index (χ2n) is 8.64. The van der Waals surface area contributed by atoms with Crippen molar-refractivity contribution in [2.24, 2.45) is 5.73 Å². The lowest BCUT2D eigenvalue weighted by Gasteiger charge is -2.32. The Morgan fingerprint density at radius 1 is 0.971 bits per heavy atom. The summed E-state index contributed by atoms with van der Waals surface area (Å²) in [7, 11) is -4.64. The lowest BCUT2D eigenvalue weighted by molar-refractivity contribution is 0.0456. The Kier molecular flexibility index (Phi) is 17.8. The fraction of sp³-hybridized carbons (Fsp3) is 0.846. The van der Waals surface area contributed by atoms with Crippen LogP contribution >= 0.6 is 7.82 Å². The fourth-order valence-electron chi connectivity index (χ4n) is 3.36. The second-order valence-corrected chi connectivity index (χ2v) is 10.2. The average molecular weight is 520 g/mol. The molecule has 0 radical (unpaired) electrons. The monoisotopic (exact) mass is 519 g/mol. The summed E-state index contributed by atoms with van der Waals surface area (Å²) in [5.41, 5.74) is 3.63. The fourth-order valence-corrected chi connectivity index (χ4v) is 4.44. The van der Waals surface area contributed by atoms with E-state index in [2.05, 4.69) is 13.5 Å². The normalized spacial score (nSPS) is 16.7. The summed E-state index contributed by atoms with van der Waals surface area (Å²) in [5.74, 6) is 0. The molecule has 0 saturated carbocycles. The van der Waals surface area contributed by atoms with Crippen LogP contribution in [0.15, 0.2) is 12.7 Å². The molecule has 0 aliphatic heterocycles. The zero-order valence-electron chi connectivity index (χ0n) is 24.5. The SMILES string of the molecule is [3H]C(O)(CCCCCCCCCCCCCCC)C(N)(C=C)C([3H])([3H])OP(=O)(OCCC#N)OCCC#N. The van der Waals surface area contributed by atoms with E-state index in [0.29, 0.717) is 6.42 Å². The molecule has 2 atom stereocenters. The highest BCUT2D eigenvalue weighted by molar-refractivity contribution is 7.48. The van der Waals surface area contributed by atoms with Gasteiger partial charge in [0.2, 0.25) is 0 Å². The van der Waals surface area contributed by atoms with Crippen molar-refractivity contribution in [3.63, 3.8) is 0 Å². The Morgan fingerprint density at radius 3 is 1.80 bits per heavy atom. The maximum atomic E-state index is 13.0. The van der Waals surface area contributed by atoms with Gasteiger partial charge in [-0.2, -0.15) is 10.5 Å². The zero-order valence-corrected chi connectivity index (χ0v) is 22.4. The minimum atomic E-state index is -4.64. The maximum absolute atomic E-state index is 13.0. The molecule has 0 heterocycles. The molecule has 0 aromatic heterocycles. The van der Waals surface area contributed by atoms with Crippen molar-refractivity contribution in [2.45, 2.75) is 121 Å². The standard InChI is InChI=1S/C26H48N3O5P/c1-3-5-6-7-8-9-10-11-12-13-14-15-16-19-25(30)26(29,4-2)24-34-35(31,32-22-17-20-27)33-23-18-21-28/h4,25,30H,2-3,5-19,22-24,29H2,1H3/i24T2,25T. The number of phosphoric acid groups is 1. The second kappa shape index (κ2) is 22.0. The first-order valence-corrected chi connectivity index (χ1v) is 14.4. The molecular weight excluding hydrogens is 465 g/mol. The Hall–Kier alpha value is -1.25. The Morgan fingerprint density at radius 2 is 1.40 bits per heavy atom. The third kappa shape index (κ3) is 17.8. The smallest absolute Gasteiger partial charge is 0.391 e. The largest absolute Gasteiger partial charge is 0.474 e. The van der Waals surface area contributed by atoms with Gasteiger partial charge in [0.25, 0.3) is 0 Å². The number of aliphatic hydroxyl groups is 1. The molecule has 3 N–H and O–H groups in total. The van der Waals surface area contributed by atoms with E-state index >= 15 is 0 Å². The number of nitrogens with zero attached hydrogens (tertiary/aromatic N) is 2. The molecule has 0 aliphatic carbocycles. The molecule has 0 saturated heterocycles. The molecule has 0 rings (SSSR count). The molecule has 35 heavy (non-hydrogen) atoms. The van der Waals surface area contributed by atoms with Gasteiger partial charge in [-0.3, -0.25) is 13.6 Å². The molecule has 9 heteroatoms. The molecule has 202 valence electrons. The van der Waals surface area contributed by atoms with Crippen molar-refractivity contribution in [3.05, 3.63) is 12.7 Å². The molecule has 0 aliphatic rings. The van der Waals surface area contributed by atoms with Crippen LogP contribution in [0.5, 0.6) is 0 Å². The van der Waals surface area contributed by atoms with E-state index in [1.807, 2.05) is 0 Å². The number of nitriles is 2. The van der Waals surface area contributed by atoms with Crippen molar-refractivity contribution >= 4 is 7.82 Å². The third-order valence-electron chi connectivity index (χ3n) is 5.57. The minimum absolute atomic E-state index is 0.162. The number of unbranched alkanes of at least 4 members (excludes halogenated alkanes) is 12. The summed E-state index contributed by atoms with van der Waals surface area (Å²) in [6, 6.07) is 3.56. The molecule has 0 spiro atoms. The van der Waals surface area contributed by atoms with Gasteiger partial charge in [-0.05, 0) is 6.42 Å². The molecule has 2 unspecified atom stereocenters.